The fourth-order valence-electron chi connectivity index (χ4n) is 2.93. The predicted molar refractivity (Wildman–Crippen MR) is 98.1 cm³/mol. The van der Waals surface area contributed by atoms with Crippen LogP contribution in [0, 0.1) is 5.41 Å². The van der Waals surface area contributed by atoms with Crippen LogP contribution in [0.25, 0.3) is 6.08 Å². The Labute approximate surface area is 153 Å². The fraction of sp³-hybridized carbons (Fsp3) is 0.381. The topological polar surface area (TPSA) is 69.7 Å². The van der Waals surface area contributed by atoms with Gasteiger partial charge in [0, 0.05) is 24.8 Å². The van der Waals surface area contributed by atoms with Crippen LogP contribution in [0.1, 0.15) is 39.7 Å². The normalized spacial score (nSPS) is 22.5. The van der Waals surface area contributed by atoms with Crippen molar-refractivity contribution in [2.24, 2.45) is 5.41 Å². The molecule has 0 aromatic heterocycles. The van der Waals surface area contributed by atoms with E-state index in [0.717, 1.165) is 5.56 Å². The van der Waals surface area contributed by atoms with Crippen LogP contribution in [0.4, 0.5) is 0 Å². The molecule has 1 aliphatic rings. The lowest BCUT2D eigenvalue weighted by Gasteiger charge is -2.35. The van der Waals surface area contributed by atoms with Crippen molar-refractivity contribution in [3.63, 3.8) is 0 Å². The zero-order chi connectivity index (χ0) is 19.3. The third kappa shape index (κ3) is 5.15. The van der Waals surface area contributed by atoms with E-state index >= 15 is 0 Å². The highest BCUT2D eigenvalue weighted by Crippen LogP contribution is 2.36. The molecule has 1 aromatic carbocycles. The lowest BCUT2D eigenvalue weighted by atomic mass is 9.80. The molecule has 138 valence electrons. The maximum Gasteiger partial charge on any atom is 0.331 e. The van der Waals surface area contributed by atoms with Crippen molar-refractivity contribution in [2.45, 2.75) is 46.3 Å². The number of hydrogen-bond acceptors (Lipinski definition) is 5. The van der Waals surface area contributed by atoms with Crippen molar-refractivity contribution in [1.82, 2.24) is 0 Å². The number of carbonyl (C=O) groups is 3. The molecule has 0 amide bonds. The van der Waals surface area contributed by atoms with Gasteiger partial charge in [-0.05, 0) is 30.2 Å². The van der Waals surface area contributed by atoms with Gasteiger partial charge < -0.3 is 9.47 Å². The highest BCUT2D eigenvalue weighted by Gasteiger charge is 2.43. The van der Waals surface area contributed by atoms with Crippen molar-refractivity contribution in [3.05, 3.63) is 53.6 Å². The molecule has 0 N–H and O–H groups in total. The van der Waals surface area contributed by atoms with Crippen molar-refractivity contribution < 1.29 is 23.9 Å². The van der Waals surface area contributed by atoms with Crippen molar-refractivity contribution in [2.75, 3.05) is 0 Å². The first-order valence-corrected chi connectivity index (χ1v) is 8.51. The molecule has 2 rings (SSSR count). The van der Waals surface area contributed by atoms with Gasteiger partial charge in [0.1, 0.15) is 6.10 Å². The lowest BCUT2D eigenvalue weighted by molar-refractivity contribution is -0.169. The fourth-order valence-corrected chi connectivity index (χ4v) is 2.93. The first-order valence-electron chi connectivity index (χ1n) is 8.51. The zero-order valence-electron chi connectivity index (χ0n) is 15.5. The van der Waals surface area contributed by atoms with Crippen LogP contribution < -0.4 is 0 Å². The maximum atomic E-state index is 12.3. The maximum absolute atomic E-state index is 12.3. The number of allylic oxidation sites excluding steroid dienone is 1. The number of ketones is 1. The number of benzene rings is 1. The van der Waals surface area contributed by atoms with Crippen LogP contribution in [-0.4, -0.2) is 29.9 Å². The van der Waals surface area contributed by atoms with Crippen molar-refractivity contribution in [1.29, 1.82) is 0 Å². The summed E-state index contributed by atoms with van der Waals surface area (Å²) in [5.41, 5.74) is 0.701. The van der Waals surface area contributed by atoms with Crippen molar-refractivity contribution >= 4 is 23.8 Å². The minimum absolute atomic E-state index is 0.0504. The van der Waals surface area contributed by atoms with Crippen LogP contribution in [0.3, 0.4) is 0 Å². The summed E-state index contributed by atoms with van der Waals surface area (Å²) < 4.78 is 11.0. The van der Waals surface area contributed by atoms with Gasteiger partial charge in [0.2, 0.25) is 0 Å². The zero-order valence-corrected chi connectivity index (χ0v) is 15.5. The Morgan fingerprint density at radius 3 is 2.42 bits per heavy atom. The minimum Gasteiger partial charge on any atom is -0.458 e. The summed E-state index contributed by atoms with van der Waals surface area (Å²) in [5.74, 6) is -1.10. The molecule has 0 bridgehead atoms. The number of carbonyl (C=O) groups excluding carboxylic acids is 3. The molecular formula is C21H24O5. The quantitative estimate of drug-likeness (QED) is 0.610. The summed E-state index contributed by atoms with van der Waals surface area (Å²) in [6.07, 6.45) is 3.18. The van der Waals surface area contributed by atoms with E-state index in [4.69, 9.17) is 9.47 Å². The average molecular weight is 356 g/mol. The third-order valence-electron chi connectivity index (χ3n) is 4.30. The van der Waals surface area contributed by atoms with Gasteiger partial charge in [-0.25, -0.2) is 4.79 Å². The highest BCUT2D eigenvalue weighted by atomic mass is 16.6. The summed E-state index contributed by atoms with van der Waals surface area (Å²) in [6, 6.07) is 9.35. The van der Waals surface area contributed by atoms with Gasteiger partial charge in [0.25, 0.3) is 0 Å². The van der Waals surface area contributed by atoms with Crippen LogP contribution in [-0.2, 0) is 23.9 Å². The van der Waals surface area contributed by atoms with Gasteiger partial charge >= 0.3 is 11.9 Å². The Morgan fingerprint density at radius 1 is 1.15 bits per heavy atom. The Balaban J connectivity index is 2.23. The van der Waals surface area contributed by atoms with Crippen LogP contribution >= 0.6 is 0 Å². The third-order valence-corrected chi connectivity index (χ3v) is 4.30. The van der Waals surface area contributed by atoms with E-state index < -0.39 is 29.6 Å². The molecule has 0 radical (unpaired) electrons. The SMILES string of the molecule is CC(=O)OC1C(OC(=O)C=Cc2ccccc2)C=C(C)C(=O)CC1(C)C. The summed E-state index contributed by atoms with van der Waals surface area (Å²) in [5, 5.41) is 0. The molecule has 1 aliphatic carbocycles. The molecule has 0 aliphatic heterocycles. The Morgan fingerprint density at radius 2 is 1.81 bits per heavy atom. The molecule has 1 aromatic rings. The molecule has 2 atom stereocenters. The van der Waals surface area contributed by atoms with Crippen LogP contribution in [0.2, 0.25) is 0 Å². The highest BCUT2D eigenvalue weighted by molar-refractivity contribution is 5.96. The number of ether oxygens (including phenoxy) is 2. The number of Topliss-reactive ketones (excluding diaryl/α,β-unsaturated/α-hetero) is 1. The average Bonchev–Trinajstić information content (AvgIpc) is 2.64. The van der Waals surface area contributed by atoms with E-state index in [1.165, 1.54) is 13.0 Å². The van der Waals surface area contributed by atoms with Gasteiger partial charge in [-0.2, -0.15) is 0 Å². The van der Waals surface area contributed by atoms with E-state index in [1.54, 1.807) is 19.1 Å². The van der Waals surface area contributed by atoms with Gasteiger partial charge in [-0.15, -0.1) is 0 Å². The number of esters is 2. The summed E-state index contributed by atoms with van der Waals surface area (Å²) >= 11 is 0. The molecule has 5 nitrogen and oxygen atoms in total. The second-order valence-electron chi connectivity index (χ2n) is 7.11. The smallest absolute Gasteiger partial charge is 0.331 e. The predicted octanol–water partition coefficient (Wildman–Crippen LogP) is 3.49. The second kappa shape index (κ2) is 8.13. The molecule has 0 saturated heterocycles. The summed E-state index contributed by atoms with van der Waals surface area (Å²) in [7, 11) is 0. The van der Waals surface area contributed by atoms with Gasteiger partial charge in [0.15, 0.2) is 11.9 Å². The van der Waals surface area contributed by atoms with E-state index in [1.807, 2.05) is 44.2 Å². The Bertz CT molecular complexity index is 743. The van der Waals surface area contributed by atoms with Crippen molar-refractivity contribution in [3.8, 4) is 0 Å². The molecule has 0 fully saturated rings. The molecule has 0 spiro atoms. The summed E-state index contributed by atoms with van der Waals surface area (Å²) in [6.45, 7) is 6.62. The molecule has 0 saturated carbocycles. The Hall–Kier alpha value is -2.69. The largest absolute Gasteiger partial charge is 0.458 e. The van der Waals surface area contributed by atoms with E-state index in [9.17, 15) is 14.4 Å². The number of hydrogen-bond donors (Lipinski definition) is 0. The molecule has 2 unspecified atom stereocenters. The van der Waals surface area contributed by atoms with Gasteiger partial charge in [-0.1, -0.05) is 44.2 Å². The molecule has 26 heavy (non-hydrogen) atoms. The lowest BCUT2D eigenvalue weighted by Crippen LogP contribution is -2.43. The first-order chi connectivity index (χ1) is 12.2. The van der Waals surface area contributed by atoms with Gasteiger partial charge in [0.05, 0.1) is 0 Å². The van der Waals surface area contributed by atoms with Gasteiger partial charge in [-0.3, -0.25) is 9.59 Å². The Kier molecular flexibility index (Phi) is 6.14. The monoisotopic (exact) mass is 356 g/mol. The summed E-state index contributed by atoms with van der Waals surface area (Å²) in [4.78, 5) is 36.0. The first kappa shape index (κ1) is 19.6. The standard InChI is InChI=1S/C21H24O5/c1-14-12-18(20(25-15(2)22)21(3,4)13-17(14)23)26-19(24)11-10-16-8-6-5-7-9-16/h5-12,18,20H,13H2,1-4H3. The number of rotatable bonds is 4. The molecule has 5 heteroatoms. The second-order valence-corrected chi connectivity index (χ2v) is 7.11. The molecule has 0 heterocycles. The van der Waals surface area contributed by atoms with E-state index in [2.05, 4.69) is 0 Å². The molecular weight excluding hydrogens is 332 g/mol. The van der Waals surface area contributed by atoms with Crippen LogP contribution in [0.5, 0.6) is 0 Å². The van der Waals surface area contributed by atoms with E-state index in [-0.39, 0.29) is 12.2 Å². The van der Waals surface area contributed by atoms with E-state index in [0.29, 0.717) is 5.57 Å². The minimum atomic E-state index is -0.826. The van der Waals surface area contributed by atoms with Crippen LogP contribution in [0.15, 0.2) is 48.1 Å².